The van der Waals surface area contributed by atoms with Gasteiger partial charge in [0.1, 0.15) is 11.5 Å². The van der Waals surface area contributed by atoms with E-state index in [1.54, 1.807) is 30.2 Å². The lowest BCUT2D eigenvalue weighted by atomic mass is 9.97. The molecule has 0 aliphatic heterocycles. The number of anilines is 1. The minimum atomic E-state index is -0.203. The van der Waals surface area contributed by atoms with Gasteiger partial charge >= 0.3 is 0 Å². The lowest BCUT2D eigenvalue weighted by molar-refractivity contribution is 0.0943. The number of hydrogen-bond donors (Lipinski definition) is 2. The fourth-order valence-corrected chi connectivity index (χ4v) is 2.80. The largest absolute Gasteiger partial charge is 0.467 e. The number of furan rings is 1. The minimum Gasteiger partial charge on any atom is -0.467 e. The summed E-state index contributed by atoms with van der Waals surface area (Å²) < 4.78 is 5.18. The maximum atomic E-state index is 12.0. The van der Waals surface area contributed by atoms with Gasteiger partial charge in [-0.1, -0.05) is 11.6 Å². The average Bonchev–Trinajstić information content (AvgIpc) is 3.15. The molecule has 1 aliphatic rings. The normalized spacial score (nSPS) is 14.1. The SMILES string of the molecule is O=C(NCc1ccco1)c1ccc(NCCC2=CCCCC2)cn1. The second kappa shape index (κ2) is 8.34. The highest BCUT2D eigenvalue weighted by atomic mass is 16.3. The van der Waals surface area contributed by atoms with Gasteiger partial charge in [0.15, 0.2) is 0 Å². The first kappa shape index (κ1) is 16.3. The summed E-state index contributed by atoms with van der Waals surface area (Å²) in [6.07, 6.45) is 11.8. The third kappa shape index (κ3) is 4.72. The summed E-state index contributed by atoms with van der Waals surface area (Å²) in [7, 11) is 0. The lowest BCUT2D eigenvalue weighted by Gasteiger charge is -2.13. The number of carbonyl (C=O) groups excluding carboxylic acids is 1. The summed E-state index contributed by atoms with van der Waals surface area (Å²) in [4.78, 5) is 16.3. The average molecular weight is 325 g/mol. The molecule has 2 N–H and O–H groups in total. The minimum absolute atomic E-state index is 0.203. The number of nitrogens with one attached hydrogen (secondary N) is 2. The van der Waals surface area contributed by atoms with Crippen LogP contribution in [0.25, 0.3) is 0 Å². The second-order valence-corrected chi connectivity index (χ2v) is 5.98. The zero-order chi connectivity index (χ0) is 16.6. The van der Waals surface area contributed by atoms with E-state index in [0.29, 0.717) is 12.2 Å². The van der Waals surface area contributed by atoms with Crippen LogP contribution in [0.4, 0.5) is 5.69 Å². The molecule has 0 aromatic carbocycles. The summed E-state index contributed by atoms with van der Waals surface area (Å²) in [5.41, 5.74) is 2.90. The number of allylic oxidation sites excluding steroid dienone is 1. The number of rotatable bonds is 7. The quantitative estimate of drug-likeness (QED) is 0.758. The number of carbonyl (C=O) groups is 1. The van der Waals surface area contributed by atoms with Crippen molar-refractivity contribution in [1.82, 2.24) is 10.3 Å². The molecule has 0 saturated carbocycles. The topological polar surface area (TPSA) is 67.2 Å². The van der Waals surface area contributed by atoms with Gasteiger partial charge in [-0.25, -0.2) is 4.98 Å². The van der Waals surface area contributed by atoms with Gasteiger partial charge in [-0.2, -0.15) is 0 Å². The Kier molecular flexibility index (Phi) is 5.66. The van der Waals surface area contributed by atoms with Crippen LogP contribution in [-0.2, 0) is 6.54 Å². The van der Waals surface area contributed by atoms with Gasteiger partial charge in [0.05, 0.1) is 24.7 Å². The van der Waals surface area contributed by atoms with Gasteiger partial charge in [-0.3, -0.25) is 4.79 Å². The van der Waals surface area contributed by atoms with E-state index in [1.165, 1.54) is 25.7 Å². The summed E-state index contributed by atoms with van der Waals surface area (Å²) in [5, 5.41) is 6.15. The first-order valence-corrected chi connectivity index (χ1v) is 8.50. The Labute approximate surface area is 142 Å². The van der Waals surface area contributed by atoms with E-state index in [-0.39, 0.29) is 5.91 Å². The molecule has 2 heterocycles. The van der Waals surface area contributed by atoms with Crippen LogP contribution >= 0.6 is 0 Å². The zero-order valence-electron chi connectivity index (χ0n) is 13.8. The van der Waals surface area contributed by atoms with Crippen molar-refractivity contribution in [2.75, 3.05) is 11.9 Å². The number of pyridine rings is 1. The van der Waals surface area contributed by atoms with Crippen LogP contribution < -0.4 is 10.6 Å². The Morgan fingerprint density at radius 3 is 2.92 bits per heavy atom. The van der Waals surface area contributed by atoms with Crippen molar-refractivity contribution in [3.63, 3.8) is 0 Å². The second-order valence-electron chi connectivity index (χ2n) is 5.98. The predicted octanol–water partition coefficient (Wildman–Crippen LogP) is 3.91. The van der Waals surface area contributed by atoms with E-state index < -0.39 is 0 Å². The number of amides is 1. The van der Waals surface area contributed by atoms with Gasteiger partial charge in [0.25, 0.3) is 5.91 Å². The van der Waals surface area contributed by atoms with E-state index in [9.17, 15) is 4.79 Å². The summed E-state index contributed by atoms with van der Waals surface area (Å²) in [6, 6.07) is 7.25. The Hall–Kier alpha value is -2.56. The summed E-state index contributed by atoms with van der Waals surface area (Å²) in [6.45, 7) is 1.26. The van der Waals surface area contributed by atoms with Crippen molar-refractivity contribution in [3.8, 4) is 0 Å². The van der Waals surface area contributed by atoms with E-state index >= 15 is 0 Å². The monoisotopic (exact) mass is 325 g/mol. The molecule has 5 nitrogen and oxygen atoms in total. The number of nitrogens with zero attached hydrogens (tertiary/aromatic N) is 1. The van der Waals surface area contributed by atoms with Crippen molar-refractivity contribution in [1.29, 1.82) is 0 Å². The van der Waals surface area contributed by atoms with Crippen molar-refractivity contribution in [2.45, 2.75) is 38.6 Å². The van der Waals surface area contributed by atoms with Crippen molar-refractivity contribution in [3.05, 3.63) is 59.8 Å². The first-order valence-electron chi connectivity index (χ1n) is 8.50. The highest BCUT2D eigenvalue weighted by Gasteiger charge is 2.08. The van der Waals surface area contributed by atoms with E-state index in [1.807, 2.05) is 12.1 Å². The Balaban J connectivity index is 1.44. The molecule has 1 aliphatic carbocycles. The maximum Gasteiger partial charge on any atom is 0.270 e. The first-order chi connectivity index (χ1) is 11.8. The third-order valence-electron chi connectivity index (χ3n) is 4.16. The summed E-state index contributed by atoms with van der Waals surface area (Å²) in [5.74, 6) is 0.518. The van der Waals surface area contributed by atoms with Crippen LogP contribution in [0.15, 0.2) is 52.8 Å². The van der Waals surface area contributed by atoms with Crippen LogP contribution in [-0.4, -0.2) is 17.4 Å². The molecule has 0 unspecified atom stereocenters. The molecule has 0 spiro atoms. The summed E-state index contributed by atoms with van der Waals surface area (Å²) >= 11 is 0. The smallest absolute Gasteiger partial charge is 0.270 e. The van der Waals surface area contributed by atoms with Crippen LogP contribution in [0, 0.1) is 0 Å². The van der Waals surface area contributed by atoms with Crippen LogP contribution in [0.3, 0.4) is 0 Å². The molecule has 5 heteroatoms. The van der Waals surface area contributed by atoms with Crippen molar-refractivity contribution < 1.29 is 9.21 Å². The Morgan fingerprint density at radius 1 is 1.25 bits per heavy atom. The zero-order valence-corrected chi connectivity index (χ0v) is 13.8. The van der Waals surface area contributed by atoms with Gasteiger partial charge in [0, 0.05) is 6.54 Å². The van der Waals surface area contributed by atoms with Gasteiger partial charge in [0.2, 0.25) is 0 Å². The van der Waals surface area contributed by atoms with Crippen LogP contribution in [0.5, 0.6) is 0 Å². The fourth-order valence-electron chi connectivity index (χ4n) is 2.80. The molecule has 126 valence electrons. The molecule has 24 heavy (non-hydrogen) atoms. The molecule has 0 radical (unpaired) electrons. The molecule has 0 atom stereocenters. The molecule has 1 amide bonds. The molecular weight excluding hydrogens is 302 g/mol. The van der Waals surface area contributed by atoms with Gasteiger partial charge in [-0.15, -0.1) is 0 Å². The molecule has 0 bridgehead atoms. The molecule has 0 saturated heterocycles. The van der Waals surface area contributed by atoms with E-state index in [0.717, 1.165) is 24.4 Å². The van der Waals surface area contributed by atoms with Gasteiger partial charge in [-0.05, 0) is 56.4 Å². The molecule has 2 aromatic heterocycles. The molecule has 3 rings (SSSR count). The molecule has 0 fully saturated rings. The highest BCUT2D eigenvalue weighted by molar-refractivity contribution is 5.92. The Bertz CT molecular complexity index is 675. The lowest BCUT2D eigenvalue weighted by Crippen LogP contribution is -2.23. The molecule has 2 aromatic rings. The maximum absolute atomic E-state index is 12.0. The van der Waals surface area contributed by atoms with E-state index in [2.05, 4.69) is 21.7 Å². The third-order valence-corrected chi connectivity index (χ3v) is 4.16. The van der Waals surface area contributed by atoms with Gasteiger partial charge < -0.3 is 15.1 Å². The number of aromatic nitrogens is 1. The predicted molar refractivity (Wildman–Crippen MR) is 93.8 cm³/mol. The van der Waals surface area contributed by atoms with Crippen LogP contribution in [0.1, 0.15) is 48.4 Å². The number of hydrogen-bond acceptors (Lipinski definition) is 4. The Morgan fingerprint density at radius 2 is 2.21 bits per heavy atom. The van der Waals surface area contributed by atoms with Crippen molar-refractivity contribution >= 4 is 11.6 Å². The van der Waals surface area contributed by atoms with Crippen molar-refractivity contribution in [2.24, 2.45) is 0 Å². The highest BCUT2D eigenvalue weighted by Crippen LogP contribution is 2.20. The fraction of sp³-hybridized carbons (Fsp3) is 0.368. The van der Waals surface area contributed by atoms with E-state index in [4.69, 9.17) is 4.42 Å². The standard InChI is InChI=1S/C19H23N3O2/c23-19(22-14-17-7-4-12-24-17)18-9-8-16(13-21-18)20-11-10-15-5-2-1-3-6-15/h4-5,7-9,12-13,20H,1-3,6,10-11,14H2,(H,22,23). The van der Waals surface area contributed by atoms with Crippen LogP contribution in [0.2, 0.25) is 0 Å². The molecular formula is C19H23N3O2.